The Morgan fingerprint density at radius 3 is 2.00 bits per heavy atom. The first-order valence-corrected chi connectivity index (χ1v) is 14.1. The second kappa shape index (κ2) is 13.6. The predicted octanol–water partition coefficient (Wildman–Crippen LogP) is -2.40. The van der Waals surface area contributed by atoms with Crippen molar-refractivity contribution >= 4 is 11.0 Å². The van der Waals surface area contributed by atoms with Crippen LogP contribution >= 0.6 is 0 Å². The average Bonchev–Trinajstić information content (AvgIpc) is 3.05. The van der Waals surface area contributed by atoms with Gasteiger partial charge in [0.1, 0.15) is 53.7 Å². The van der Waals surface area contributed by atoms with E-state index in [1.165, 1.54) is 25.3 Å². The van der Waals surface area contributed by atoms with E-state index >= 15 is 0 Å². The van der Waals surface area contributed by atoms with Crippen molar-refractivity contribution in [3.8, 4) is 45.8 Å². The third kappa shape index (κ3) is 6.11. The molecule has 1 aromatic heterocycles. The first-order valence-electron chi connectivity index (χ1n) is 14.1. The molecular weight excluding hydrogens is 636 g/mol. The van der Waals surface area contributed by atoms with Gasteiger partial charge >= 0.3 is 0 Å². The van der Waals surface area contributed by atoms with Crippen LogP contribution < -0.4 is 19.6 Å². The molecule has 5 rings (SSSR count). The highest BCUT2D eigenvalue weighted by Gasteiger charge is 2.51. The van der Waals surface area contributed by atoms with Crippen LogP contribution in [-0.2, 0) is 14.2 Å². The van der Waals surface area contributed by atoms with E-state index in [0.717, 1.165) is 13.2 Å². The number of phenols is 3. The molecule has 3 heterocycles. The summed E-state index contributed by atoms with van der Waals surface area (Å²) in [7, 11) is 2.38. The van der Waals surface area contributed by atoms with Crippen molar-refractivity contribution in [1.82, 2.24) is 0 Å². The minimum absolute atomic E-state index is 0.0463. The molecule has 0 amide bonds. The van der Waals surface area contributed by atoms with Crippen molar-refractivity contribution < 1.29 is 83.9 Å². The quantitative estimate of drug-likeness (QED) is 0.113. The van der Waals surface area contributed by atoms with Gasteiger partial charge in [-0.15, -0.1) is 0 Å². The molecule has 10 atom stereocenters. The number of ether oxygens (including phenoxy) is 6. The number of aromatic hydroxyl groups is 3. The van der Waals surface area contributed by atoms with Crippen LogP contribution in [0.4, 0.5) is 0 Å². The Morgan fingerprint density at radius 1 is 0.745 bits per heavy atom. The molecule has 10 unspecified atom stereocenters. The number of hydrogen-bond donors (Lipinski definition) is 10. The molecular formula is C29H34O18. The fourth-order valence-electron chi connectivity index (χ4n) is 5.35. The van der Waals surface area contributed by atoms with Crippen LogP contribution in [0, 0.1) is 0 Å². The highest BCUT2D eigenvalue weighted by molar-refractivity contribution is 5.91. The molecule has 18 nitrogen and oxygen atoms in total. The van der Waals surface area contributed by atoms with Gasteiger partial charge in [-0.1, -0.05) is 0 Å². The molecule has 0 spiro atoms. The summed E-state index contributed by atoms with van der Waals surface area (Å²) in [5.74, 6) is -3.36. The number of aliphatic hydroxyl groups excluding tert-OH is 7. The van der Waals surface area contributed by atoms with E-state index < -0.39 is 108 Å². The molecule has 2 saturated heterocycles. The maximum absolute atomic E-state index is 14.1. The van der Waals surface area contributed by atoms with E-state index in [-0.39, 0.29) is 28.4 Å². The molecule has 0 aliphatic carbocycles. The SMILES string of the molecule is COc1cc(-c2oc3cc(O)c(OC)c(O)c3c(=O)c2OC2OC(CO)C(O)C(O)C2OC2OC(CO)C(O)C(O)C2O)ccc1O. The van der Waals surface area contributed by atoms with Crippen LogP contribution in [0.1, 0.15) is 0 Å². The summed E-state index contributed by atoms with van der Waals surface area (Å²) in [5, 5.41) is 103. The number of fused-ring (bicyclic) bond motifs is 1. The molecule has 10 N–H and O–H groups in total. The third-order valence-electron chi connectivity index (χ3n) is 7.89. The van der Waals surface area contributed by atoms with Gasteiger partial charge in [0, 0.05) is 11.6 Å². The summed E-state index contributed by atoms with van der Waals surface area (Å²) in [6.45, 7) is -1.68. The second-order valence-corrected chi connectivity index (χ2v) is 10.7. The number of rotatable bonds is 9. The lowest BCUT2D eigenvalue weighted by molar-refractivity contribution is -0.358. The van der Waals surface area contributed by atoms with Crippen molar-refractivity contribution in [1.29, 1.82) is 0 Å². The van der Waals surface area contributed by atoms with Gasteiger partial charge in [-0.2, -0.15) is 0 Å². The summed E-state index contributed by atoms with van der Waals surface area (Å²) < 4.78 is 38.7. The summed E-state index contributed by atoms with van der Waals surface area (Å²) >= 11 is 0. The zero-order valence-electron chi connectivity index (χ0n) is 24.7. The molecule has 2 aliphatic rings. The fourth-order valence-corrected chi connectivity index (χ4v) is 5.35. The molecule has 258 valence electrons. The lowest BCUT2D eigenvalue weighted by atomic mass is 9.97. The lowest BCUT2D eigenvalue weighted by Gasteiger charge is -2.45. The minimum atomic E-state index is -1.98. The Bertz CT molecular complexity index is 1640. The van der Waals surface area contributed by atoms with E-state index in [0.29, 0.717) is 0 Å². The van der Waals surface area contributed by atoms with Gasteiger partial charge in [0.15, 0.2) is 41.2 Å². The Morgan fingerprint density at radius 2 is 1.38 bits per heavy atom. The minimum Gasteiger partial charge on any atom is -0.504 e. The third-order valence-corrected chi connectivity index (χ3v) is 7.89. The zero-order chi connectivity index (χ0) is 34.3. The van der Waals surface area contributed by atoms with Gasteiger partial charge in [0.2, 0.25) is 23.2 Å². The van der Waals surface area contributed by atoms with Crippen LogP contribution in [0.5, 0.6) is 34.5 Å². The number of phenolic OH excluding ortho intramolecular Hbond substituents is 3. The van der Waals surface area contributed by atoms with E-state index in [2.05, 4.69) is 0 Å². The molecule has 0 radical (unpaired) electrons. The maximum Gasteiger partial charge on any atom is 0.239 e. The fraction of sp³-hybridized carbons (Fsp3) is 0.483. The molecule has 2 aromatic carbocycles. The van der Waals surface area contributed by atoms with Crippen molar-refractivity contribution in [3.05, 3.63) is 34.5 Å². The van der Waals surface area contributed by atoms with Gasteiger partial charge in [-0.3, -0.25) is 4.79 Å². The molecule has 18 heteroatoms. The van der Waals surface area contributed by atoms with E-state index in [1.54, 1.807) is 0 Å². The smallest absolute Gasteiger partial charge is 0.239 e. The van der Waals surface area contributed by atoms with Gasteiger partial charge in [-0.05, 0) is 18.2 Å². The van der Waals surface area contributed by atoms with Crippen molar-refractivity contribution in [2.24, 2.45) is 0 Å². The summed E-state index contributed by atoms with van der Waals surface area (Å²) in [5.41, 5.74) is -1.38. The lowest BCUT2D eigenvalue weighted by Crippen LogP contribution is -2.65. The molecule has 3 aromatic rings. The molecule has 0 bridgehead atoms. The van der Waals surface area contributed by atoms with Crippen LogP contribution in [0.15, 0.2) is 33.5 Å². The van der Waals surface area contributed by atoms with Crippen LogP contribution in [0.3, 0.4) is 0 Å². The van der Waals surface area contributed by atoms with E-state index in [1.807, 2.05) is 0 Å². The van der Waals surface area contributed by atoms with E-state index in [9.17, 15) is 55.9 Å². The standard InChI is InChI=1S/C29H34O18/c1-41-12-5-9(3-4-10(12)32)24-26(20(37)16-13(43-24)6-11(33)25(42-2)19(16)36)46-29-27(22(39)18(35)15(8-31)45-29)47-28-23(40)21(38)17(34)14(7-30)44-28/h3-6,14-15,17-18,21-23,27-36,38-40H,7-8H2,1-2H3. The summed E-state index contributed by atoms with van der Waals surface area (Å²) in [6, 6.07) is 4.75. The van der Waals surface area contributed by atoms with Crippen LogP contribution in [-0.4, -0.2) is 140 Å². The summed E-state index contributed by atoms with van der Waals surface area (Å²) in [6.07, 6.45) is -18.1. The van der Waals surface area contributed by atoms with E-state index in [4.69, 9.17) is 32.8 Å². The number of aliphatic hydroxyl groups is 7. The maximum atomic E-state index is 14.1. The largest absolute Gasteiger partial charge is 0.504 e. The summed E-state index contributed by atoms with van der Waals surface area (Å²) in [4.78, 5) is 14.1. The molecule has 2 aliphatic heterocycles. The topological polar surface area (TPSA) is 288 Å². The number of methoxy groups -OCH3 is 2. The van der Waals surface area contributed by atoms with Gasteiger partial charge in [0.25, 0.3) is 0 Å². The number of benzene rings is 2. The molecule has 2 fully saturated rings. The highest BCUT2D eigenvalue weighted by atomic mass is 16.8. The monoisotopic (exact) mass is 670 g/mol. The molecule has 0 saturated carbocycles. The first kappa shape index (κ1) is 34.4. The average molecular weight is 671 g/mol. The number of hydrogen-bond acceptors (Lipinski definition) is 18. The normalized spacial score (nSPS) is 31.1. The van der Waals surface area contributed by atoms with Crippen molar-refractivity contribution in [2.45, 2.75) is 61.4 Å². The van der Waals surface area contributed by atoms with Gasteiger partial charge < -0.3 is 83.9 Å². The van der Waals surface area contributed by atoms with Crippen molar-refractivity contribution in [2.75, 3.05) is 27.4 Å². The zero-order valence-corrected chi connectivity index (χ0v) is 24.7. The van der Waals surface area contributed by atoms with Crippen molar-refractivity contribution in [3.63, 3.8) is 0 Å². The van der Waals surface area contributed by atoms with Crippen LogP contribution in [0.25, 0.3) is 22.3 Å². The Balaban J connectivity index is 1.66. The Hall–Kier alpha value is -3.95. The highest BCUT2D eigenvalue weighted by Crippen LogP contribution is 2.44. The first-order chi connectivity index (χ1) is 22.4. The predicted molar refractivity (Wildman–Crippen MR) is 153 cm³/mol. The van der Waals surface area contributed by atoms with Gasteiger partial charge in [0.05, 0.1) is 27.4 Å². The Kier molecular flexibility index (Phi) is 9.99. The Labute approximate surface area is 264 Å². The van der Waals surface area contributed by atoms with Crippen LogP contribution in [0.2, 0.25) is 0 Å². The second-order valence-electron chi connectivity index (χ2n) is 10.7. The van der Waals surface area contributed by atoms with Gasteiger partial charge in [-0.25, -0.2) is 0 Å². The molecule has 47 heavy (non-hydrogen) atoms.